The number of rotatable bonds is 3. The van der Waals surface area contributed by atoms with Gasteiger partial charge in [0.05, 0.1) is 23.2 Å². The Morgan fingerprint density at radius 3 is 2.67 bits per heavy atom. The molecule has 0 fully saturated rings. The van der Waals surface area contributed by atoms with Gasteiger partial charge in [-0.1, -0.05) is 6.07 Å². The Labute approximate surface area is 179 Å². The van der Waals surface area contributed by atoms with Gasteiger partial charge in [0.15, 0.2) is 5.78 Å². The van der Waals surface area contributed by atoms with Gasteiger partial charge < -0.3 is 0 Å². The fourth-order valence-electron chi connectivity index (χ4n) is 4.12. The molecule has 0 spiro atoms. The van der Waals surface area contributed by atoms with Gasteiger partial charge in [-0.2, -0.15) is 0 Å². The predicted molar refractivity (Wildman–Crippen MR) is 118 cm³/mol. The van der Waals surface area contributed by atoms with E-state index < -0.39 is 0 Å². The van der Waals surface area contributed by atoms with Gasteiger partial charge in [-0.3, -0.25) is 4.79 Å². The molecule has 5 rings (SSSR count). The molecule has 150 valence electrons. The zero-order chi connectivity index (χ0) is 20.8. The largest absolute Gasteiger partial charge is 0.294 e. The fraction of sp³-hybridized carbons (Fsp3) is 0.292. The highest BCUT2D eigenvalue weighted by molar-refractivity contribution is 7.10. The molecule has 4 aromatic rings. The van der Waals surface area contributed by atoms with E-state index in [4.69, 9.17) is 15.0 Å². The summed E-state index contributed by atoms with van der Waals surface area (Å²) in [7, 11) is 0. The number of benzene rings is 1. The number of ketones is 1. The molecule has 1 aliphatic rings. The Hall–Kier alpha value is -2.99. The number of Topliss-reactive ketones (excluding diaryl/α,β-unsaturated/α-hetero) is 1. The minimum atomic E-state index is 0.129. The van der Waals surface area contributed by atoms with Crippen LogP contribution in [0.5, 0.6) is 0 Å². The van der Waals surface area contributed by atoms with Gasteiger partial charge in [-0.05, 0) is 61.9 Å². The maximum atomic E-state index is 12.6. The summed E-state index contributed by atoms with van der Waals surface area (Å²) in [6.45, 7) is 6.22. The van der Waals surface area contributed by atoms with Crippen LogP contribution in [-0.2, 0) is 12.8 Å². The second-order valence-electron chi connectivity index (χ2n) is 8.05. The average Bonchev–Trinajstić information content (AvgIpc) is 3.24. The second kappa shape index (κ2) is 7.36. The Bertz CT molecular complexity index is 1280. The summed E-state index contributed by atoms with van der Waals surface area (Å²) in [5.41, 5.74) is 5.88. The Kier molecular flexibility index (Phi) is 4.66. The van der Waals surface area contributed by atoms with Crippen LogP contribution in [0.25, 0.3) is 10.9 Å². The van der Waals surface area contributed by atoms with E-state index in [1.807, 2.05) is 13.0 Å². The van der Waals surface area contributed by atoms with E-state index in [0.29, 0.717) is 30.1 Å². The van der Waals surface area contributed by atoms with Crippen LogP contribution in [0.4, 0.5) is 0 Å². The number of aryl methyl sites for hydroxylation is 3. The molecule has 5 nitrogen and oxygen atoms in total. The van der Waals surface area contributed by atoms with Gasteiger partial charge >= 0.3 is 0 Å². The lowest BCUT2D eigenvalue weighted by molar-refractivity contribution is 0.0963. The maximum absolute atomic E-state index is 12.6. The number of nitrogens with zero attached hydrogens (tertiary/aromatic N) is 4. The van der Waals surface area contributed by atoms with E-state index in [1.165, 1.54) is 16.0 Å². The summed E-state index contributed by atoms with van der Waals surface area (Å²) in [6, 6.07) is 8.40. The Balaban J connectivity index is 1.47. The topological polar surface area (TPSA) is 68.6 Å². The molecule has 1 aliphatic carbocycles. The van der Waals surface area contributed by atoms with Gasteiger partial charge in [-0.25, -0.2) is 19.9 Å². The molecule has 1 atom stereocenters. The molecule has 0 aliphatic heterocycles. The molecular weight excluding hydrogens is 392 g/mol. The first-order valence-electron chi connectivity index (χ1n) is 10.1. The first kappa shape index (κ1) is 19.0. The van der Waals surface area contributed by atoms with Crippen molar-refractivity contribution in [2.24, 2.45) is 0 Å². The molecule has 0 N–H and O–H groups in total. The molecule has 6 heteroatoms. The summed E-state index contributed by atoms with van der Waals surface area (Å²) in [6.07, 6.45) is 3.44. The monoisotopic (exact) mass is 414 g/mol. The summed E-state index contributed by atoms with van der Waals surface area (Å²) in [5, 5.41) is 3.14. The van der Waals surface area contributed by atoms with Crippen LogP contribution in [0.15, 0.2) is 35.8 Å². The molecule has 30 heavy (non-hydrogen) atoms. The van der Waals surface area contributed by atoms with Crippen molar-refractivity contribution in [1.29, 1.82) is 0 Å². The average molecular weight is 415 g/mol. The highest BCUT2D eigenvalue weighted by Crippen LogP contribution is 2.34. The molecule has 0 bridgehead atoms. The van der Waals surface area contributed by atoms with Gasteiger partial charge in [0.2, 0.25) is 0 Å². The number of carbonyl (C=O) groups excluding carboxylic acids is 1. The number of thiophene rings is 1. The zero-order valence-electron chi connectivity index (χ0n) is 17.3. The summed E-state index contributed by atoms with van der Waals surface area (Å²) in [5.74, 6) is 1.71. The van der Waals surface area contributed by atoms with Crippen LogP contribution >= 0.6 is 11.3 Å². The molecule has 1 unspecified atom stereocenters. The molecule has 0 saturated heterocycles. The molecular formula is C24H22N4OS. The van der Waals surface area contributed by atoms with Crippen molar-refractivity contribution in [3.8, 4) is 0 Å². The van der Waals surface area contributed by atoms with Crippen molar-refractivity contribution in [2.45, 2.75) is 46.0 Å². The SMILES string of the molecule is Cc1cc2nc(Cc3ncc4c(n3)CC(c3cccs3)CC4=O)nc(C)c2cc1C. The normalized spacial score (nSPS) is 16.1. The van der Waals surface area contributed by atoms with Crippen LogP contribution in [0.2, 0.25) is 0 Å². The highest BCUT2D eigenvalue weighted by Gasteiger charge is 2.28. The summed E-state index contributed by atoms with van der Waals surface area (Å²) in [4.78, 5) is 32.5. The van der Waals surface area contributed by atoms with E-state index in [0.717, 1.165) is 28.7 Å². The smallest absolute Gasteiger partial charge is 0.166 e. The van der Waals surface area contributed by atoms with Crippen molar-refractivity contribution < 1.29 is 4.79 Å². The number of aromatic nitrogens is 4. The first-order chi connectivity index (χ1) is 14.5. The molecule has 3 heterocycles. The van der Waals surface area contributed by atoms with E-state index in [9.17, 15) is 4.79 Å². The first-order valence-corrected chi connectivity index (χ1v) is 11.0. The van der Waals surface area contributed by atoms with Crippen molar-refractivity contribution in [3.63, 3.8) is 0 Å². The minimum absolute atomic E-state index is 0.129. The second-order valence-corrected chi connectivity index (χ2v) is 9.03. The lowest BCUT2D eigenvalue weighted by Crippen LogP contribution is -2.21. The summed E-state index contributed by atoms with van der Waals surface area (Å²) >= 11 is 1.70. The Morgan fingerprint density at radius 1 is 1.03 bits per heavy atom. The molecule has 0 amide bonds. The number of fused-ring (bicyclic) bond motifs is 2. The quantitative estimate of drug-likeness (QED) is 0.476. The van der Waals surface area contributed by atoms with Crippen LogP contribution in [-0.4, -0.2) is 25.7 Å². The highest BCUT2D eigenvalue weighted by atomic mass is 32.1. The number of carbonyl (C=O) groups is 1. The maximum Gasteiger partial charge on any atom is 0.166 e. The van der Waals surface area contributed by atoms with Gasteiger partial charge in [0, 0.05) is 34.5 Å². The third-order valence-corrected chi connectivity index (χ3v) is 6.93. The van der Waals surface area contributed by atoms with Crippen LogP contribution in [0.1, 0.15) is 61.7 Å². The lowest BCUT2D eigenvalue weighted by Gasteiger charge is -2.22. The van der Waals surface area contributed by atoms with Gasteiger partial charge in [0.1, 0.15) is 11.6 Å². The van der Waals surface area contributed by atoms with Crippen LogP contribution < -0.4 is 0 Å². The van der Waals surface area contributed by atoms with E-state index >= 15 is 0 Å². The molecule has 3 aromatic heterocycles. The van der Waals surface area contributed by atoms with E-state index in [1.54, 1.807) is 17.5 Å². The Morgan fingerprint density at radius 2 is 1.87 bits per heavy atom. The van der Waals surface area contributed by atoms with Crippen molar-refractivity contribution in [1.82, 2.24) is 19.9 Å². The van der Waals surface area contributed by atoms with E-state index in [-0.39, 0.29) is 11.7 Å². The minimum Gasteiger partial charge on any atom is -0.294 e. The predicted octanol–water partition coefficient (Wildman–Crippen LogP) is 4.91. The molecule has 0 saturated carbocycles. The van der Waals surface area contributed by atoms with Crippen molar-refractivity contribution in [3.05, 3.63) is 80.4 Å². The van der Waals surface area contributed by atoms with Crippen molar-refractivity contribution >= 4 is 28.0 Å². The molecule has 0 radical (unpaired) electrons. The van der Waals surface area contributed by atoms with E-state index in [2.05, 4.69) is 42.4 Å². The van der Waals surface area contributed by atoms with Gasteiger partial charge in [0.25, 0.3) is 0 Å². The fourth-order valence-corrected chi connectivity index (χ4v) is 4.95. The van der Waals surface area contributed by atoms with Crippen molar-refractivity contribution in [2.75, 3.05) is 0 Å². The molecule has 1 aromatic carbocycles. The van der Waals surface area contributed by atoms with Crippen LogP contribution in [0, 0.1) is 20.8 Å². The standard InChI is InChI=1S/C24H22N4OS/c1-13-7-17-15(3)26-24(28-19(17)8-14(13)2)11-23-25-12-18-20(27-23)9-16(10-21(18)29)22-5-4-6-30-22/h4-8,12,16H,9-11H2,1-3H3. The lowest BCUT2D eigenvalue weighted by atomic mass is 9.85. The summed E-state index contributed by atoms with van der Waals surface area (Å²) < 4.78 is 0. The number of hydrogen-bond donors (Lipinski definition) is 0. The zero-order valence-corrected chi connectivity index (χ0v) is 18.1. The van der Waals surface area contributed by atoms with Gasteiger partial charge in [-0.15, -0.1) is 11.3 Å². The van der Waals surface area contributed by atoms with Crippen LogP contribution in [0.3, 0.4) is 0 Å². The third kappa shape index (κ3) is 3.41. The third-order valence-electron chi connectivity index (χ3n) is 5.90. The number of hydrogen-bond acceptors (Lipinski definition) is 6.